The van der Waals surface area contributed by atoms with Crippen LogP contribution >= 0.6 is 0 Å². The Morgan fingerprint density at radius 3 is 2.36 bits per heavy atom. The monoisotopic (exact) mass is 689 g/mol. The summed E-state index contributed by atoms with van der Waals surface area (Å²) in [4.78, 5) is 30.8. The van der Waals surface area contributed by atoms with E-state index in [1.165, 1.54) is 0 Å². The van der Waals surface area contributed by atoms with Crippen LogP contribution in [0, 0.1) is 0 Å². The maximum absolute atomic E-state index is 14.2. The Bertz CT molecular complexity index is 1540. The Kier molecular flexibility index (Phi) is 12.9. The van der Waals surface area contributed by atoms with E-state index < -0.39 is 42.1 Å². The number of carbonyl (C=O) groups excluding carboxylic acids is 2. The molecule has 0 aromatic heterocycles. The summed E-state index contributed by atoms with van der Waals surface area (Å²) in [6.45, 7) is 9.90. The molecular weight excluding hydrogens is 638 g/mol. The van der Waals surface area contributed by atoms with E-state index in [4.69, 9.17) is 14.2 Å². The number of nitrogens with zero attached hydrogens (tertiary/aromatic N) is 2. The second-order valence-corrected chi connectivity index (χ2v) is 14.0. The zero-order chi connectivity index (χ0) is 35.7. The minimum absolute atomic E-state index is 0.0420. The molecule has 1 fully saturated rings. The number of amides is 2. The number of carbonyl (C=O) groups is 2. The van der Waals surface area contributed by atoms with E-state index in [2.05, 4.69) is 10.2 Å². The van der Waals surface area contributed by atoms with E-state index in [-0.39, 0.29) is 25.3 Å². The predicted molar refractivity (Wildman–Crippen MR) is 188 cm³/mol. The van der Waals surface area contributed by atoms with Gasteiger partial charge in [-0.2, -0.15) is 0 Å². The van der Waals surface area contributed by atoms with Gasteiger partial charge in [0.1, 0.15) is 30.2 Å². The van der Waals surface area contributed by atoms with Crippen molar-refractivity contribution in [1.29, 1.82) is 0 Å². The summed E-state index contributed by atoms with van der Waals surface area (Å²) in [7, 11) is 0. The van der Waals surface area contributed by atoms with Gasteiger partial charge < -0.3 is 39.7 Å². The Labute approximate surface area is 294 Å². The normalized spacial score (nSPS) is 20.4. The fraction of sp³-hybridized carbons (Fsp3) is 0.487. The lowest BCUT2D eigenvalue weighted by atomic mass is 9.97. The van der Waals surface area contributed by atoms with Crippen molar-refractivity contribution in [3.05, 3.63) is 101 Å². The van der Waals surface area contributed by atoms with Gasteiger partial charge in [0.05, 0.1) is 31.4 Å². The number of morpholine rings is 1. The first-order valence-corrected chi connectivity index (χ1v) is 17.5. The molecule has 1 heterocycles. The van der Waals surface area contributed by atoms with Gasteiger partial charge in [-0.3, -0.25) is 9.69 Å². The predicted octanol–water partition coefficient (Wildman–Crippen LogP) is 4.15. The lowest BCUT2D eigenvalue weighted by Crippen LogP contribution is -2.47. The minimum Gasteiger partial charge on any atom is -0.492 e. The van der Waals surface area contributed by atoms with E-state index in [1.807, 2.05) is 66.7 Å². The Morgan fingerprint density at radius 1 is 0.960 bits per heavy atom. The van der Waals surface area contributed by atoms with Gasteiger partial charge in [-0.1, -0.05) is 66.7 Å². The summed E-state index contributed by atoms with van der Waals surface area (Å²) in [5.41, 5.74) is 2.23. The highest BCUT2D eigenvalue weighted by atomic mass is 16.6. The van der Waals surface area contributed by atoms with Crippen LogP contribution in [-0.4, -0.2) is 100 Å². The van der Waals surface area contributed by atoms with Crippen molar-refractivity contribution in [2.75, 3.05) is 39.5 Å². The standard InChI is InChI=1S/C39H51N3O8/c1-39(2,3)50-38(47)40-32(25-27-10-5-4-6-11-27)33(43)16-17-34(44)42(35-30-14-7-8-15-31(30)36(45)37(35)46)26-28-12-9-13-29(24-28)49-23-20-41-18-21-48-22-19-41/h4-15,24,32-33,35-37,43,45-46H,16-23,25-26H2,1-3H3,(H,40,47)/t32-,33-,35-,36+,37-/m0/s1. The van der Waals surface area contributed by atoms with Crippen molar-refractivity contribution in [2.24, 2.45) is 0 Å². The lowest BCUT2D eigenvalue weighted by molar-refractivity contribution is -0.139. The summed E-state index contributed by atoms with van der Waals surface area (Å²) in [5, 5.41) is 36.5. The van der Waals surface area contributed by atoms with Crippen molar-refractivity contribution < 1.29 is 39.1 Å². The Balaban J connectivity index is 1.32. The zero-order valence-electron chi connectivity index (χ0n) is 29.2. The van der Waals surface area contributed by atoms with Crippen molar-refractivity contribution in [3.8, 4) is 5.75 Å². The minimum atomic E-state index is -1.24. The molecule has 11 nitrogen and oxygen atoms in total. The van der Waals surface area contributed by atoms with Crippen LogP contribution in [-0.2, 0) is 27.2 Å². The van der Waals surface area contributed by atoms with Gasteiger partial charge in [-0.15, -0.1) is 0 Å². The first-order valence-electron chi connectivity index (χ1n) is 17.5. The van der Waals surface area contributed by atoms with Gasteiger partial charge in [0.15, 0.2) is 0 Å². The number of aliphatic hydroxyl groups excluding tert-OH is 3. The Hall–Kier alpha value is -4.00. The van der Waals surface area contributed by atoms with Crippen molar-refractivity contribution in [2.45, 2.75) is 82.6 Å². The van der Waals surface area contributed by atoms with Gasteiger partial charge in [0, 0.05) is 32.6 Å². The van der Waals surface area contributed by atoms with Crippen molar-refractivity contribution >= 4 is 12.0 Å². The summed E-state index contributed by atoms with van der Waals surface area (Å²) in [5.74, 6) is 0.356. The summed E-state index contributed by atoms with van der Waals surface area (Å²) < 4.78 is 17.0. The van der Waals surface area contributed by atoms with Crippen LogP contribution in [0.2, 0.25) is 0 Å². The highest BCUT2D eigenvalue weighted by Crippen LogP contribution is 2.43. The Morgan fingerprint density at radius 2 is 1.64 bits per heavy atom. The number of benzene rings is 3. The summed E-state index contributed by atoms with van der Waals surface area (Å²) in [6, 6.07) is 22.7. The molecule has 11 heteroatoms. The average molecular weight is 690 g/mol. The summed E-state index contributed by atoms with van der Waals surface area (Å²) >= 11 is 0. The number of fused-ring (bicyclic) bond motifs is 1. The number of ether oxygens (including phenoxy) is 3. The lowest BCUT2D eigenvalue weighted by Gasteiger charge is -2.33. The smallest absolute Gasteiger partial charge is 0.407 e. The molecule has 3 aromatic rings. The van der Waals surface area contributed by atoms with Gasteiger partial charge in [-0.25, -0.2) is 4.79 Å². The third-order valence-corrected chi connectivity index (χ3v) is 9.09. The zero-order valence-corrected chi connectivity index (χ0v) is 29.2. The maximum atomic E-state index is 14.2. The highest BCUT2D eigenvalue weighted by molar-refractivity contribution is 5.77. The number of hydrogen-bond donors (Lipinski definition) is 4. The molecule has 50 heavy (non-hydrogen) atoms. The average Bonchev–Trinajstić information content (AvgIpc) is 3.34. The number of alkyl carbamates (subject to hydrolysis) is 1. The van der Waals surface area contributed by atoms with Crippen LogP contribution in [0.3, 0.4) is 0 Å². The first-order chi connectivity index (χ1) is 24.0. The van der Waals surface area contributed by atoms with Crippen LogP contribution < -0.4 is 10.1 Å². The number of nitrogens with one attached hydrogen (secondary N) is 1. The van der Waals surface area contributed by atoms with E-state index >= 15 is 0 Å². The molecule has 5 atom stereocenters. The topological polar surface area (TPSA) is 141 Å². The largest absolute Gasteiger partial charge is 0.492 e. The second-order valence-electron chi connectivity index (χ2n) is 14.0. The molecule has 2 amide bonds. The molecule has 0 unspecified atom stereocenters. The van der Waals surface area contributed by atoms with Crippen LogP contribution in [0.15, 0.2) is 78.9 Å². The molecule has 270 valence electrons. The van der Waals surface area contributed by atoms with Crippen LogP contribution in [0.1, 0.15) is 68.0 Å². The number of aliphatic hydroxyl groups is 3. The molecule has 1 aliphatic heterocycles. The molecule has 1 aliphatic carbocycles. The first kappa shape index (κ1) is 37.3. The molecule has 4 N–H and O–H groups in total. The van der Waals surface area contributed by atoms with Crippen molar-refractivity contribution in [3.63, 3.8) is 0 Å². The molecular formula is C39H51N3O8. The second kappa shape index (κ2) is 17.3. The molecule has 0 bridgehead atoms. The van der Waals surface area contributed by atoms with Gasteiger partial charge in [0.25, 0.3) is 0 Å². The molecule has 0 saturated carbocycles. The third-order valence-electron chi connectivity index (χ3n) is 9.09. The van der Waals surface area contributed by atoms with Crippen molar-refractivity contribution in [1.82, 2.24) is 15.1 Å². The molecule has 0 radical (unpaired) electrons. The van der Waals surface area contributed by atoms with E-state index in [0.717, 1.165) is 44.0 Å². The van der Waals surface area contributed by atoms with Gasteiger partial charge >= 0.3 is 6.09 Å². The van der Waals surface area contributed by atoms with Gasteiger partial charge in [0.2, 0.25) is 5.91 Å². The van der Waals surface area contributed by atoms with Crippen LogP contribution in [0.4, 0.5) is 4.79 Å². The van der Waals surface area contributed by atoms with E-state index in [0.29, 0.717) is 29.9 Å². The third kappa shape index (κ3) is 10.3. The quantitative estimate of drug-likeness (QED) is 0.197. The molecule has 1 saturated heterocycles. The van der Waals surface area contributed by atoms with Crippen LogP contribution in [0.25, 0.3) is 0 Å². The van der Waals surface area contributed by atoms with Crippen LogP contribution in [0.5, 0.6) is 5.75 Å². The SMILES string of the molecule is CC(C)(C)OC(=O)N[C@@H](Cc1ccccc1)[C@@H](O)CCC(=O)N(Cc1cccc(OCCN2CCOCC2)c1)[C@H]1c2ccccc2[C@@H](O)[C@H]1O. The molecule has 5 rings (SSSR count). The van der Waals surface area contributed by atoms with E-state index in [9.17, 15) is 24.9 Å². The molecule has 0 spiro atoms. The maximum Gasteiger partial charge on any atom is 0.407 e. The molecule has 2 aliphatic rings. The molecule has 3 aromatic carbocycles. The fourth-order valence-corrected chi connectivity index (χ4v) is 6.56. The van der Waals surface area contributed by atoms with E-state index in [1.54, 1.807) is 37.8 Å². The number of rotatable bonds is 14. The number of hydrogen-bond acceptors (Lipinski definition) is 9. The summed E-state index contributed by atoms with van der Waals surface area (Å²) in [6.07, 6.45) is -3.83. The highest BCUT2D eigenvalue weighted by Gasteiger charge is 2.43. The van der Waals surface area contributed by atoms with Gasteiger partial charge in [-0.05, 0) is 68.0 Å². The fourth-order valence-electron chi connectivity index (χ4n) is 6.56.